The predicted octanol–water partition coefficient (Wildman–Crippen LogP) is 7.07. The van der Waals surface area contributed by atoms with E-state index in [1.54, 1.807) is 11.8 Å². The number of aryl methyl sites for hydroxylation is 1. The van der Waals surface area contributed by atoms with Gasteiger partial charge in [-0.3, -0.25) is 9.36 Å². The molecule has 0 saturated heterocycles. The summed E-state index contributed by atoms with van der Waals surface area (Å²) in [6.45, 7) is 5.07. The van der Waals surface area contributed by atoms with Crippen LogP contribution in [0.4, 0.5) is 0 Å². The number of fused-ring (bicyclic) bond motifs is 4. The van der Waals surface area contributed by atoms with Gasteiger partial charge in [0.25, 0.3) is 5.56 Å². The Labute approximate surface area is 201 Å². The zero-order valence-electron chi connectivity index (χ0n) is 19.9. The van der Waals surface area contributed by atoms with Gasteiger partial charge in [0, 0.05) is 23.3 Å². The fourth-order valence-corrected chi connectivity index (χ4v) is 6.76. The van der Waals surface area contributed by atoms with Gasteiger partial charge < -0.3 is 0 Å². The second-order valence-corrected chi connectivity index (χ2v) is 10.8. The number of nitrogens with zero attached hydrogens (tertiary/aromatic N) is 2. The minimum Gasteiger partial charge on any atom is -0.287 e. The van der Waals surface area contributed by atoms with Crippen LogP contribution < -0.4 is 5.56 Å². The number of hydrogen-bond acceptors (Lipinski definition) is 3. The first-order chi connectivity index (χ1) is 16.1. The van der Waals surface area contributed by atoms with Crippen LogP contribution in [-0.2, 0) is 24.1 Å². The highest BCUT2D eigenvalue weighted by Gasteiger charge is 2.43. The molecule has 1 saturated carbocycles. The molecule has 1 fully saturated rings. The van der Waals surface area contributed by atoms with Gasteiger partial charge >= 0.3 is 0 Å². The van der Waals surface area contributed by atoms with E-state index in [9.17, 15) is 4.79 Å². The van der Waals surface area contributed by atoms with Gasteiger partial charge in [-0.1, -0.05) is 98.5 Å². The maximum Gasteiger partial charge on any atom is 0.258 e. The van der Waals surface area contributed by atoms with Gasteiger partial charge in [-0.05, 0) is 43.7 Å². The van der Waals surface area contributed by atoms with Gasteiger partial charge in [0.15, 0.2) is 5.16 Å². The van der Waals surface area contributed by atoms with Crippen LogP contribution in [0, 0.1) is 6.92 Å². The minimum atomic E-state index is -0.0419. The van der Waals surface area contributed by atoms with Crippen LogP contribution in [0.25, 0.3) is 11.3 Å². The molecule has 2 aromatic carbocycles. The lowest BCUT2D eigenvalue weighted by Crippen LogP contribution is -2.43. The minimum absolute atomic E-state index is 0.0419. The highest BCUT2D eigenvalue weighted by Crippen LogP contribution is 2.48. The summed E-state index contributed by atoms with van der Waals surface area (Å²) in [4.78, 5) is 19.5. The Hall–Kier alpha value is -2.33. The molecule has 33 heavy (non-hydrogen) atoms. The van der Waals surface area contributed by atoms with Crippen molar-refractivity contribution in [1.29, 1.82) is 0 Å². The lowest BCUT2D eigenvalue weighted by molar-refractivity contribution is 0.281. The van der Waals surface area contributed by atoms with E-state index in [0.717, 1.165) is 60.8 Å². The fourth-order valence-electron chi connectivity index (χ4n) is 5.80. The standard InChI is InChI=1S/C29H34N2OS/c1-3-4-17-31-27(32)25-26(30-28(31)33-20-22-12-10-11-21(2)18-22)24-14-7-6-13-23(24)19-29(25)15-8-5-9-16-29/h6-7,10-14,18H,3-5,8-9,15-17,19-20H2,1-2H3. The number of unbranched alkanes of at least 4 members (excludes halogenated alkanes) is 1. The van der Waals surface area contributed by atoms with Gasteiger partial charge in [0.1, 0.15) is 0 Å². The van der Waals surface area contributed by atoms with E-state index < -0.39 is 0 Å². The fraction of sp³-hybridized carbons (Fsp3) is 0.448. The number of benzene rings is 2. The third kappa shape index (κ3) is 4.30. The van der Waals surface area contributed by atoms with E-state index in [4.69, 9.17) is 4.98 Å². The summed E-state index contributed by atoms with van der Waals surface area (Å²) in [6.07, 6.45) is 8.96. The van der Waals surface area contributed by atoms with Crippen molar-refractivity contribution >= 4 is 11.8 Å². The Morgan fingerprint density at radius 1 is 1.06 bits per heavy atom. The maximum absolute atomic E-state index is 14.2. The Bertz CT molecular complexity index is 1210. The normalized spacial score (nSPS) is 16.4. The average Bonchev–Trinajstić information content (AvgIpc) is 2.82. The number of hydrogen-bond donors (Lipinski definition) is 0. The van der Waals surface area contributed by atoms with Crippen LogP contribution in [0.15, 0.2) is 58.5 Å². The summed E-state index contributed by atoms with van der Waals surface area (Å²) in [5.74, 6) is 0.825. The smallest absolute Gasteiger partial charge is 0.258 e. The second-order valence-electron chi connectivity index (χ2n) is 9.88. The maximum atomic E-state index is 14.2. The van der Waals surface area contributed by atoms with Crippen LogP contribution in [0.5, 0.6) is 0 Å². The molecule has 1 heterocycles. The molecule has 0 bridgehead atoms. The van der Waals surface area contributed by atoms with Gasteiger partial charge in [-0.2, -0.15) is 0 Å². The summed E-state index contributed by atoms with van der Waals surface area (Å²) in [7, 11) is 0. The van der Waals surface area contributed by atoms with Crippen molar-refractivity contribution in [1.82, 2.24) is 9.55 Å². The molecule has 2 aliphatic carbocycles. The summed E-state index contributed by atoms with van der Waals surface area (Å²) in [6, 6.07) is 17.3. The average molecular weight is 459 g/mol. The van der Waals surface area contributed by atoms with E-state index in [1.165, 1.54) is 41.5 Å². The molecule has 2 aliphatic rings. The molecule has 0 aliphatic heterocycles. The second kappa shape index (κ2) is 9.50. The highest BCUT2D eigenvalue weighted by atomic mass is 32.2. The number of aromatic nitrogens is 2. The monoisotopic (exact) mass is 458 g/mol. The van der Waals surface area contributed by atoms with E-state index >= 15 is 0 Å². The van der Waals surface area contributed by atoms with Gasteiger partial charge in [0.05, 0.1) is 11.3 Å². The molecule has 0 unspecified atom stereocenters. The molecule has 0 N–H and O–H groups in total. The molecule has 0 radical (unpaired) electrons. The number of thioether (sulfide) groups is 1. The van der Waals surface area contributed by atoms with Crippen molar-refractivity contribution in [2.75, 3.05) is 0 Å². The van der Waals surface area contributed by atoms with Crippen molar-refractivity contribution in [3.05, 3.63) is 81.1 Å². The molecule has 1 spiro atoms. The zero-order valence-corrected chi connectivity index (χ0v) is 20.7. The zero-order chi connectivity index (χ0) is 22.8. The van der Waals surface area contributed by atoms with Crippen molar-refractivity contribution in [2.24, 2.45) is 0 Å². The third-order valence-electron chi connectivity index (χ3n) is 7.46. The highest BCUT2D eigenvalue weighted by molar-refractivity contribution is 7.98. The summed E-state index contributed by atoms with van der Waals surface area (Å²) in [5, 5.41) is 0.872. The van der Waals surface area contributed by atoms with Crippen molar-refractivity contribution < 1.29 is 0 Å². The largest absolute Gasteiger partial charge is 0.287 e. The van der Waals surface area contributed by atoms with E-state index in [1.807, 2.05) is 4.57 Å². The quantitative estimate of drug-likeness (QED) is 0.293. The lowest BCUT2D eigenvalue weighted by Gasteiger charge is -2.42. The van der Waals surface area contributed by atoms with Crippen LogP contribution in [0.3, 0.4) is 0 Å². The summed E-state index contributed by atoms with van der Waals surface area (Å²) >= 11 is 1.71. The first kappa shape index (κ1) is 22.5. The van der Waals surface area contributed by atoms with Crippen LogP contribution >= 0.6 is 11.8 Å². The Kier molecular flexibility index (Phi) is 6.47. The van der Waals surface area contributed by atoms with E-state index in [0.29, 0.717) is 0 Å². The Morgan fingerprint density at radius 2 is 1.88 bits per heavy atom. The lowest BCUT2D eigenvalue weighted by atomic mass is 9.62. The van der Waals surface area contributed by atoms with Crippen LogP contribution in [0.1, 0.15) is 74.1 Å². The molecule has 1 aromatic heterocycles. The van der Waals surface area contributed by atoms with E-state index in [2.05, 4.69) is 62.4 Å². The molecule has 0 amide bonds. The number of rotatable bonds is 6. The Balaban J connectivity index is 1.65. The summed E-state index contributed by atoms with van der Waals surface area (Å²) in [5.41, 5.74) is 7.22. The van der Waals surface area contributed by atoms with Gasteiger partial charge in [0.2, 0.25) is 0 Å². The van der Waals surface area contributed by atoms with Crippen molar-refractivity contribution in [2.45, 2.75) is 88.1 Å². The SMILES string of the molecule is CCCCn1c(SCc2cccc(C)c2)nc2c(c1=O)C1(CCCCC1)Cc1ccccc1-2. The Morgan fingerprint density at radius 3 is 2.67 bits per heavy atom. The van der Waals surface area contributed by atoms with Gasteiger partial charge in [-0.25, -0.2) is 4.98 Å². The molecule has 5 rings (SSSR count). The van der Waals surface area contributed by atoms with E-state index in [-0.39, 0.29) is 11.0 Å². The topological polar surface area (TPSA) is 34.9 Å². The van der Waals surface area contributed by atoms with Crippen molar-refractivity contribution in [3.8, 4) is 11.3 Å². The van der Waals surface area contributed by atoms with Crippen molar-refractivity contribution in [3.63, 3.8) is 0 Å². The summed E-state index contributed by atoms with van der Waals surface area (Å²) < 4.78 is 2.01. The third-order valence-corrected chi connectivity index (χ3v) is 8.51. The van der Waals surface area contributed by atoms with Crippen LogP contribution in [0.2, 0.25) is 0 Å². The molecule has 3 aromatic rings. The predicted molar refractivity (Wildman–Crippen MR) is 138 cm³/mol. The van der Waals surface area contributed by atoms with Gasteiger partial charge in [-0.15, -0.1) is 0 Å². The molecular weight excluding hydrogens is 424 g/mol. The first-order valence-corrected chi connectivity index (χ1v) is 13.5. The molecule has 3 nitrogen and oxygen atoms in total. The molecule has 172 valence electrons. The first-order valence-electron chi connectivity index (χ1n) is 12.5. The molecular formula is C29H34N2OS. The van der Waals surface area contributed by atoms with Crippen LogP contribution in [-0.4, -0.2) is 9.55 Å². The molecule has 4 heteroatoms. The molecule has 0 atom stereocenters.